The summed E-state index contributed by atoms with van der Waals surface area (Å²) < 4.78 is 87.1. The number of carboxylic acids is 1. The Labute approximate surface area is 191 Å². The number of amides is 1. The molecule has 0 saturated carbocycles. The molecule has 1 amide bonds. The molecule has 0 aromatic rings. The van der Waals surface area contributed by atoms with Crippen LogP contribution in [0.4, 0.5) is 0 Å². The highest BCUT2D eigenvalue weighted by Gasteiger charge is 2.52. The summed E-state index contributed by atoms with van der Waals surface area (Å²) in [6.07, 6.45) is -14.0. The molecule has 2 rings (SSSR count). The molecular weight excluding hydrogens is 518 g/mol. The van der Waals surface area contributed by atoms with Gasteiger partial charge in [0.25, 0.3) is 0 Å². The predicted molar refractivity (Wildman–Crippen MR) is 99.9 cm³/mol. The quantitative estimate of drug-likeness (QED) is 0.136. The molecule has 196 valence electrons. The Morgan fingerprint density at radius 3 is 2.09 bits per heavy atom. The predicted octanol–water partition coefficient (Wildman–Crippen LogP) is -4.35. The van der Waals surface area contributed by atoms with Gasteiger partial charge in [0.05, 0.1) is 6.61 Å². The van der Waals surface area contributed by atoms with Crippen LogP contribution in [-0.2, 0) is 53.0 Å². The molecule has 7 N–H and O–H groups in total. The molecule has 20 heteroatoms. The van der Waals surface area contributed by atoms with E-state index in [-0.39, 0.29) is 0 Å². The van der Waals surface area contributed by atoms with Crippen LogP contribution in [0.1, 0.15) is 6.92 Å². The number of carbonyl (C=O) groups is 2. The molecule has 34 heavy (non-hydrogen) atoms. The van der Waals surface area contributed by atoms with Crippen molar-refractivity contribution in [3.05, 3.63) is 11.8 Å². The van der Waals surface area contributed by atoms with E-state index in [1.54, 1.807) is 0 Å². The summed E-state index contributed by atoms with van der Waals surface area (Å²) >= 11 is 0. The molecule has 1 saturated heterocycles. The third-order valence-electron chi connectivity index (χ3n) is 4.35. The van der Waals surface area contributed by atoms with E-state index in [4.69, 9.17) is 28.4 Å². The van der Waals surface area contributed by atoms with Crippen molar-refractivity contribution < 1.29 is 78.5 Å². The maximum atomic E-state index is 11.6. The number of aliphatic hydroxyl groups is 3. The molecule has 0 radical (unpaired) electrons. The van der Waals surface area contributed by atoms with Crippen LogP contribution in [0.15, 0.2) is 11.8 Å². The van der Waals surface area contributed by atoms with E-state index in [9.17, 15) is 41.7 Å². The summed E-state index contributed by atoms with van der Waals surface area (Å²) in [5.74, 6) is -3.62. The Morgan fingerprint density at radius 1 is 1.06 bits per heavy atom. The fourth-order valence-corrected chi connectivity index (χ4v) is 4.14. The molecule has 0 aromatic heterocycles. The normalized spacial score (nSPS) is 34.6. The first-order valence-corrected chi connectivity index (χ1v) is 11.7. The van der Waals surface area contributed by atoms with Gasteiger partial charge >= 0.3 is 26.8 Å². The van der Waals surface area contributed by atoms with Crippen LogP contribution >= 0.6 is 0 Å². The van der Waals surface area contributed by atoms with Crippen LogP contribution in [0.3, 0.4) is 0 Å². The number of aliphatic hydroxyl groups excluding tert-OH is 3. The Balaban J connectivity index is 2.54. The number of carboxylic acid groups (broad SMARTS) is 1. The number of aliphatic carboxylic acids is 1. The fourth-order valence-electron chi connectivity index (χ4n) is 3.14. The first-order chi connectivity index (χ1) is 15.5. The van der Waals surface area contributed by atoms with Crippen LogP contribution < -0.4 is 5.32 Å². The molecule has 0 aliphatic carbocycles. The summed E-state index contributed by atoms with van der Waals surface area (Å²) in [5, 5.41) is 41.1. The minimum Gasteiger partial charge on any atom is -0.475 e. The summed E-state index contributed by atoms with van der Waals surface area (Å²) in [6.45, 7) is -0.0970. The number of hydrogen-bond acceptors (Lipinski definition) is 14. The maximum Gasteiger partial charge on any atom is 0.397 e. The lowest BCUT2D eigenvalue weighted by atomic mass is 9.96. The van der Waals surface area contributed by atoms with Crippen molar-refractivity contribution in [2.75, 3.05) is 6.61 Å². The second-order valence-electron chi connectivity index (χ2n) is 6.86. The minimum atomic E-state index is -5.32. The Kier molecular flexibility index (Phi) is 8.93. The van der Waals surface area contributed by atoms with Gasteiger partial charge in [0.15, 0.2) is 12.4 Å². The van der Waals surface area contributed by atoms with Gasteiger partial charge in [0, 0.05) is 6.92 Å². The van der Waals surface area contributed by atoms with Crippen LogP contribution in [0.2, 0.25) is 0 Å². The molecule has 2 heterocycles. The van der Waals surface area contributed by atoms with E-state index in [1.807, 2.05) is 0 Å². The van der Waals surface area contributed by atoms with Gasteiger partial charge in [-0.2, -0.15) is 16.8 Å². The van der Waals surface area contributed by atoms with Gasteiger partial charge in [-0.15, -0.1) is 0 Å². The molecule has 2 aliphatic rings. The first kappa shape index (κ1) is 28.3. The van der Waals surface area contributed by atoms with Gasteiger partial charge in [-0.05, 0) is 6.08 Å². The molecule has 0 aromatic carbocycles. The molecular formula is C14H21NO17S2. The summed E-state index contributed by atoms with van der Waals surface area (Å²) in [5.41, 5.74) is 0. The Hall–Kier alpha value is -1.98. The monoisotopic (exact) mass is 539 g/mol. The summed E-state index contributed by atoms with van der Waals surface area (Å²) in [7, 11) is -10.6. The fraction of sp³-hybridized carbons (Fsp3) is 0.714. The second kappa shape index (κ2) is 10.7. The largest absolute Gasteiger partial charge is 0.475 e. The zero-order valence-electron chi connectivity index (χ0n) is 16.9. The van der Waals surface area contributed by atoms with Crippen LogP contribution in [0.25, 0.3) is 0 Å². The van der Waals surface area contributed by atoms with Gasteiger partial charge < -0.3 is 40.0 Å². The molecule has 8 atom stereocenters. The molecule has 2 aliphatic heterocycles. The van der Waals surface area contributed by atoms with E-state index in [2.05, 4.69) is 13.7 Å². The summed E-state index contributed by atoms with van der Waals surface area (Å²) in [4.78, 5) is 22.9. The molecule has 1 fully saturated rings. The van der Waals surface area contributed by atoms with Crippen LogP contribution in [0, 0.1) is 0 Å². The lowest BCUT2D eigenvalue weighted by Crippen LogP contribution is -2.67. The lowest BCUT2D eigenvalue weighted by Gasteiger charge is -2.45. The van der Waals surface area contributed by atoms with Crippen molar-refractivity contribution in [1.29, 1.82) is 0 Å². The van der Waals surface area contributed by atoms with Gasteiger partial charge in [-0.1, -0.05) is 0 Å². The number of nitrogens with one attached hydrogen (secondary N) is 1. The Morgan fingerprint density at radius 2 is 1.62 bits per heavy atom. The lowest BCUT2D eigenvalue weighted by molar-refractivity contribution is -0.296. The van der Waals surface area contributed by atoms with Crippen molar-refractivity contribution in [2.45, 2.75) is 56.1 Å². The molecule has 0 spiro atoms. The standard InChI is InChI=1S/C14H21NO17S2/c1-4(17)15-8-11(10(32-34(25,26)27)7(3-16)28-13(8)21)30-14-9(31-33(22,23)24)5(18)2-6(29-14)12(19)20/h2,5,7-11,13-14,16,18,21H,3H2,1H3,(H,15,17)(H,19,20)(H,22,23,24)(H,25,26,27)/t5-,7+,8+,9+,10-,11+,13-,14+/m0/s1. The first-order valence-electron chi connectivity index (χ1n) is 9.00. The average Bonchev–Trinajstić information content (AvgIpc) is 2.66. The van der Waals surface area contributed by atoms with Crippen LogP contribution in [0.5, 0.6) is 0 Å². The van der Waals surface area contributed by atoms with Crippen molar-refractivity contribution in [2.24, 2.45) is 0 Å². The third-order valence-corrected chi connectivity index (χ3v) is 5.28. The number of rotatable bonds is 9. The highest BCUT2D eigenvalue weighted by molar-refractivity contribution is 7.81. The maximum absolute atomic E-state index is 11.6. The SMILES string of the molecule is CC(=O)N[C@@H]1[C@@H](O[C@H]2OC(C(=O)O)=C[C@H](O)[C@H]2OS(=O)(=O)O)[C@@H](OS(=O)(=O)O)[C@@H](CO)O[C@@H]1O. The third kappa shape index (κ3) is 7.51. The van der Waals surface area contributed by atoms with E-state index < -0.39 is 94.2 Å². The number of carbonyl (C=O) groups excluding carboxylic acids is 1. The van der Waals surface area contributed by atoms with Crippen LogP contribution in [-0.4, -0.2) is 114 Å². The van der Waals surface area contributed by atoms with E-state index in [0.717, 1.165) is 6.92 Å². The highest BCUT2D eigenvalue weighted by atomic mass is 32.3. The second-order valence-corrected chi connectivity index (χ2v) is 8.96. The molecule has 18 nitrogen and oxygen atoms in total. The van der Waals surface area contributed by atoms with Crippen molar-refractivity contribution >= 4 is 32.7 Å². The number of hydrogen-bond donors (Lipinski definition) is 7. The van der Waals surface area contributed by atoms with Gasteiger partial charge in [-0.25, -0.2) is 13.2 Å². The topological polar surface area (TPSA) is 282 Å². The minimum absolute atomic E-state index is 0.491. The molecule has 0 unspecified atom stereocenters. The van der Waals surface area contributed by atoms with E-state index in [0.29, 0.717) is 6.08 Å². The summed E-state index contributed by atoms with van der Waals surface area (Å²) in [6, 6.07) is -1.77. The zero-order chi connectivity index (χ0) is 26.0. The zero-order valence-corrected chi connectivity index (χ0v) is 18.5. The highest BCUT2D eigenvalue weighted by Crippen LogP contribution is 2.31. The number of ether oxygens (including phenoxy) is 3. The van der Waals surface area contributed by atoms with Crippen molar-refractivity contribution in [3.63, 3.8) is 0 Å². The van der Waals surface area contributed by atoms with Gasteiger partial charge in [-0.3, -0.25) is 13.9 Å². The van der Waals surface area contributed by atoms with Crippen molar-refractivity contribution in [3.8, 4) is 0 Å². The molecule has 0 bridgehead atoms. The van der Waals surface area contributed by atoms with Gasteiger partial charge in [0.2, 0.25) is 18.0 Å². The smallest absolute Gasteiger partial charge is 0.397 e. The average molecular weight is 539 g/mol. The van der Waals surface area contributed by atoms with E-state index in [1.165, 1.54) is 0 Å². The van der Waals surface area contributed by atoms with Crippen molar-refractivity contribution in [1.82, 2.24) is 5.32 Å². The van der Waals surface area contributed by atoms with E-state index >= 15 is 0 Å². The van der Waals surface area contributed by atoms with Gasteiger partial charge in [0.1, 0.15) is 30.5 Å². The Bertz CT molecular complexity index is 1010.